The molecular formula is C17H14Cl2FN3S. The topological polar surface area (TPSA) is 30.7 Å². The molecule has 0 N–H and O–H groups in total. The van der Waals surface area contributed by atoms with E-state index in [4.69, 9.17) is 23.2 Å². The molecule has 3 nitrogen and oxygen atoms in total. The van der Waals surface area contributed by atoms with Gasteiger partial charge < -0.3 is 4.57 Å². The van der Waals surface area contributed by atoms with E-state index in [1.807, 2.05) is 35.9 Å². The minimum absolute atomic E-state index is 0.307. The maximum atomic E-state index is 13.8. The Bertz CT molecular complexity index is 829. The van der Waals surface area contributed by atoms with Gasteiger partial charge in [0.2, 0.25) is 0 Å². The second-order valence-corrected chi connectivity index (χ2v) is 7.04. The number of hydrogen-bond donors (Lipinski definition) is 0. The van der Waals surface area contributed by atoms with Crippen LogP contribution >= 0.6 is 35.0 Å². The lowest BCUT2D eigenvalue weighted by Gasteiger charge is -2.06. The number of hydrogen-bond acceptors (Lipinski definition) is 3. The normalized spacial score (nSPS) is 11.0. The predicted octanol–water partition coefficient (Wildman–Crippen LogP) is 5.14. The van der Waals surface area contributed by atoms with E-state index in [1.54, 1.807) is 12.1 Å². The molecule has 0 unspecified atom stereocenters. The van der Waals surface area contributed by atoms with Gasteiger partial charge in [0.15, 0.2) is 5.16 Å². The van der Waals surface area contributed by atoms with Crippen LogP contribution in [0.2, 0.25) is 10.0 Å². The Hall–Kier alpha value is -1.56. The van der Waals surface area contributed by atoms with Gasteiger partial charge in [0.25, 0.3) is 0 Å². The highest BCUT2D eigenvalue weighted by Crippen LogP contribution is 2.28. The summed E-state index contributed by atoms with van der Waals surface area (Å²) in [5.41, 5.74) is 1.58. The molecule has 0 aliphatic carbocycles. The predicted molar refractivity (Wildman–Crippen MR) is 96.2 cm³/mol. The molecule has 124 valence electrons. The van der Waals surface area contributed by atoms with Gasteiger partial charge in [-0.3, -0.25) is 0 Å². The number of aromatic nitrogens is 3. The molecule has 0 amide bonds. The molecule has 0 spiro atoms. The molecule has 0 atom stereocenters. The number of rotatable bonds is 5. The van der Waals surface area contributed by atoms with Crippen molar-refractivity contribution < 1.29 is 4.39 Å². The van der Waals surface area contributed by atoms with Gasteiger partial charge in [-0.1, -0.05) is 53.2 Å². The first kappa shape index (κ1) is 17.3. The lowest BCUT2D eigenvalue weighted by molar-refractivity contribution is 0.617. The maximum absolute atomic E-state index is 13.8. The van der Waals surface area contributed by atoms with E-state index in [9.17, 15) is 4.39 Å². The second-order valence-electron chi connectivity index (χ2n) is 5.25. The summed E-state index contributed by atoms with van der Waals surface area (Å²) in [7, 11) is 1.90. The van der Waals surface area contributed by atoms with Gasteiger partial charge in [0, 0.05) is 34.8 Å². The Labute approximate surface area is 153 Å². The van der Waals surface area contributed by atoms with E-state index < -0.39 is 0 Å². The largest absolute Gasteiger partial charge is 0.309 e. The summed E-state index contributed by atoms with van der Waals surface area (Å²) >= 11 is 13.4. The van der Waals surface area contributed by atoms with Crippen molar-refractivity contribution in [3.63, 3.8) is 0 Å². The summed E-state index contributed by atoms with van der Waals surface area (Å²) in [5.74, 6) is 0.927. The Balaban J connectivity index is 1.72. The molecule has 1 aromatic heterocycles. The summed E-state index contributed by atoms with van der Waals surface area (Å²) in [5, 5.41) is 10.3. The Morgan fingerprint density at radius 3 is 2.54 bits per heavy atom. The fourth-order valence-electron chi connectivity index (χ4n) is 2.22. The van der Waals surface area contributed by atoms with Crippen LogP contribution in [0.3, 0.4) is 0 Å². The highest BCUT2D eigenvalue weighted by molar-refractivity contribution is 7.98. The molecule has 24 heavy (non-hydrogen) atoms. The van der Waals surface area contributed by atoms with Crippen LogP contribution in [0.15, 0.2) is 47.6 Å². The molecule has 0 aliphatic heterocycles. The fraction of sp³-hybridized carbons (Fsp3) is 0.176. The smallest absolute Gasteiger partial charge is 0.191 e. The highest BCUT2D eigenvalue weighted by atomic mass is 35.5. The molecule has 3 rings (SSSR count). The molecule has 2 aromatic carbocycles. The maximum Gasteiger partial charge on any atom is 0.191 e. The van der Waals surface area contributed by atoms with Crippen LogP contribution in [-0.4, -0.2) is 14.8 Å². The average molecular weight is 382 g/mol. The van der Waals surface area contributed by atoms with Crippen molar-refractivity contribution >= 4 is 35.0 Å². The van der Waals surface area contributed by atoms with Gasteiger partial charge in [-0.05, 0) is 29.8 Å². The molecule has 1 heterocycles. The molecule has 0 aliphatic rings. The second kappa shape index (κ2) is 7.55. The molecule has 3 aromatic rings. The first-order valence-corrected chi connectivity index (χ1v) is 8.97. The summed E-state index contributed by atoms with van der Waals surface area (Å²) in [6.07, 6.45) is 0.654. The zero-order valence-electron chi connectivity index (χ0n) is 12.8. The SMILES string of the molecule is Cn1c(Cc2ccc(Cl)cc2)nnc1SCc1c(F)cccc1Cl. The number of halogens is 3. The van der Waals surface area contributed by atoms with Crippen molar-refractivity contribution in [3.05, 3.63) is 75.3 Å². The van der Waals surface area contributed by atoms with Gasteiger partial charge in [-0.15, -0.1) is 10.2 Å². The van der Waals surface area contributed by atoms with Crippen molar-refractivity contribution in [2.24, 2.45) is 7.05 Å². The number of benzene rings is 2. The van der Waals surface area contributed by atoms with E-state index in [0.717, 1.165) is 16.5 Å². The molecule has 0 radical (unpaired) electrons. The number of nitrogens with zero attached hydrogens (tertiary/aromatic N) is 3. The van der Waals surface area contributed by atoms with Crippen LogP contribution in [0.5, 0.6) is 0 Å². The first-order valence-electron chi connectivity index (χ1n) is 7.23. The van der Waals surface area contributed by atoms with Gasteiger partial charge in [-0.2, -0.15) is 0 Å². The summed E-state index contributed by atoms with van der Waals surface area (Å²) in [6, 6.07) is 12.3. The van der Waals surface area contributed by atoms with Crippen LogP contribution < -0.4 is 0 Å². The summed E-state index contributed by atoms with van der Waals surface area (Å²) in [6.45, 7) is 0. The monoisotopic (exact) mass is 381 g/mol. The average Bonchev–Trinajstić information content (AvgIpc) is 2.90. The highest BCUT2D eigenvalue weighted by Gasteiger charge is 2.13. The molecular weight excluding hydrogens is 368 g/mol. The van der Waals surface area contributed by atoms with E-state index in [0.29, 0.717) is 27.8 Å². The van der Waals surface area contributed by atoms with E-state index in [1.165, 1.54) is 17.8 Å². The quantitative estimate of drug-likeness (QED) is 0.572. The van der Waals surface area contributed by atoms with Crippen molar-refractivity contribution in [1.29, 1.82) is 0 Å². The van der Waals surface area contributed by atoms with E-state index in [-0.39, 0.29) is 5.82 Å². The summed E-state index contributed by atoms with van der Waals surface area (Å²) < 4.78 is 15.7. The molecule has 7 heteroatoms. The lowest BCUT2D eigenvalue weighted by atomic mass is 10.1. The standard InChI is InChI=1S/C17H14Cl2FN3S/c1-23-16(9-11-5-7-12(18)8-6-11)21-22-17(23)24-10-13-14(19)3-2-4-15(13)20/h2-8H,9-10H2,1H3. The van der Waals surface area contributed by atoms with Gasteiger partial charge in [0.05, 0.1) is 0 Å². The van der Waals surface area contributed by atoms with Crippen molar-refractivity contribution in [2.45, 2.75) is 17.3 Å². The van der Waals surface area contributed by atoms with Crippen LogP contribution in [0.1, 0.15) is 17.0 Å². The van der Waals surface area contributed by atoms with Gasteiger partial charge in [0.1, 0.15) is 11.6 Å². The first-order chi connectivity index (χ1) is 11.5. The molecule has 0 saturated heterocycles. The van der Waals surface area contributed by atoms with Crippen molar-refractivity contribution in [1.82, 2.24) is 14.8 Å². The van der Waals surface area contributed by atoms with Crippen LogP contribution in [0, 0.1) is 5.82 Å². The fourth-order valence-corrected chi connectivity index (χ4v) is 3.62. The minimum atomic E-state index is -0.307. The zero-order chi connectivity index (χ0) is 17.1. The van der Waals surface area contributed by atoms with Gasteiger partial charge >= 0.3 is 0 Å². The number of thioether (sulfide) groups is 1. The third-order valence-electron chi connectivity index (χ3n) is 3.61. The zero-order valence-corrected chi connectivity index (χ0v) is 15.2. The Morgan fingerprint density at radius 1 is 1.08 bits per heavy atom. The van der Waals surface area contributed by atoms with Crippen LogP contribution in [0.4, 0.5) is 4.39 Å². The van der Waals surface area contributed by atoms with Crippen LogP contribution in [-0.2, 0) is 19.2 Å². The van der Waals surface area contributed by atoms with Crippen molar-refractivity contribution in [3.8, 4) is 0 Å². The minimum Gasteiger partial charge on any atom is -0.309 e. The molecule has 0 bridgehead atoms. The third kappa shape index (κ3) is 3.91. The summed E-state index contributed by atoms with van der Waals surface area (Å²) in [4.78, 5) is 0. The van der Waals surface area contributed by atoms with E-state index >= 15 is 0 Å². The van der Waals surface area contributed by atoms with Crippen LogP contribution in [0.25, 0.3) is 0 Å². The lowest BCUT2D eigenvalue weighted by Crippen LogP contribution is -2.00. The molecule has 0 fully saturated rings. The Morgan fingerprint density at radius 2 is 1.83 bits per heavy atom. The van der Waals surface area contributed by atoms with Crippen molar-refractivity contribution in [2.75, 3.05) is 0 Å². The Kier molecular flexibility index (Phi) is 5.43. The third-order valence-corrected chi connectivity index (χ3v) is 5.26. The van der Waals surface area contributed by atoms with E-state index in [2.05, 4.69) is 10.2 Å². The molecule has 0 saturated carbocycles. The van der Waals surface area contributed by atoms with Gasteiger partial charge in [-0.25, -0.2) is 4.39 Å².